The third kappa shape index (κ3) is 3.83. The Morgan fingerprint density at radius 1 is 1.47 bits per heavy atom. The summed E-state index contributed by atoms with van der Waals surface area (Å²) < 4.78 is 26.9. The van der Waals surface area contributed by atoms with E-state index in [1.807, 2.05) is 5.38 Å². The molecule has 0 fully saturated rings. The Morgan fingerprint density at radius 3 is 2.89 bits per heavy atom. The number of hydrogen-bond donors (Lipinski definition) is 2. The molecule has 0 amide bonds. The number of nitrogens with zero attached hydrogens (tertiary/aromatic N) is 1. The molecule has 0 radical (unpaired) electrons. The van der Waals surface area contributed by atoms with Gasteiger partial charge in [0.05, 0.1) is 6.10 Å². The molecule has 102 valence electrons. The summed E-state index contributed by atoms with van der Waals surface area (Å²) in [6.07, 6.45) is 1.89. The Hall–Kier alpha value is -0.800. The molecule has 2 aromatic rings. The summed E-state index contributed by atoms with van der Waals surface area (Å²) in [5.41, 5.74) is 0.695. The summed E-state index contributed by atoms with van der Waals surface area (Å²) >= 11 is 4.61. The number of aliphatic hydroxyl groups excluding tert-OH is 1. The maximum atomic E-state index is 12.0. The van der Waals surface area contributed by atoms with Crippen molar-refractivity contribution in [1.29, 1.82) is 0 Å². The normalized spacial score (nSPS) is 13.4. The van der Waals surface area contributed by atoms with Crippen molar-refractivity contribution in [2.45, 2.75) is 11.0 Å². The lowest BCUT2D eigenvalue weighted by Crippen LogP contribution is -2.28. The first-order valence-corrected chi connectivity index (χ1v) is 8.51. The third-order valence-corrected chi connectivity index (χ3v) is 4.91. The maximum Gasteiger partial charge on any atom is 0.242 e. The minimum absolute atomic E-state index is 0.0550. The van der Waals surface area contributed by atoms with Crippen molar-refractivity contribution < 1.29 is 13.5 Å². The number of hydrogen-bond acceptors (Lipinski definition) is 5. The predicted octanol–water partition coefficient (Wildman–Crippen LogP) is 1.92. The van der Waals surface area contributed by atoms with Crippen LogP contribution >= 0.6 is 27.3 Å². The van der Waals surface area contributed by atoms with Gasteiger partial charge in [0.25, 0.3) is 0 Å². The van der Waals surface area contributed by atoms with Crippen LogP contribution in [0.1, 0.15) is 11.7 Å². The van der Waals surface area contributed by atoms with Gasteiger partial charge in [-0.2, -0.15) is 11.3 Å². The van der Waals surface area contributed by atoms with Crippen molar-refractivity contribution in [3.05, 3.63) is 45.3 Å². The van der Waals surface area contributed by atoms with E-state index in [2.05, 4.69) is 25.6 Å². The molecule has 19 heavy (non-hydrogen) atoms. The van der Waals surface area contributed by atoms with E-state index >= 15 is 0 Å². The third-order valence-electron chi connectivity index (χ3n) is 2.38. The average molecular weight is 363 g/mol. The van der Waals surface area contributed by atoms with Gasteiger partial charge >= 0.3 is 0 Å². The van der Waals surface area contributed by atoms with Crippen molar-refractivity contribution in [1.82, 2.24) is 9.71 Å². The van der Waals surface area contributed by atoms with Gasteiger partial charge in [0.15, 0.2) is 0 Å². The number of aromatic nitrogens is 1. The predicted molar refractivity (Wildman–Crippen MR) is 76.4 cm³/mol. The van der Waals surface area contributed by atoms with Gasteiger partial charge in [-0.3, -0.25) is 4.98 Å². The molecule has 0 spiro atoms. The van der Waals surface area contributed by atoms with E-state index in [4.69, 9.17) is 0 Å². The second-order valence-electron chi connectivity index (χ2n) is 3.76. The van der Waals surface area contributed by atoms with Crippen molar-refractivity contribution >= 4 is 37.3 Å². The zero-order valence-corrected chi connectivity index (χ0v) is 12.9. The SMILES string of the molecule is O=S(=O)(NCC(O)c1ccsc1)c1cncc(Br)c1. The number of aliphatic hydroxyl groups is 1. The van der Waals surface area contributed by atoms with Gasteiger partial charge in [0.2, 0.25) is 10.0 Å². The molecule has 0 aliphatic rings. The van der Waals surface area contributed by atoms with Crippen molar-refractivity contribution in [3.8, 4) is 0 Å². The monoisotopic (exact) mass is 362 g/mol. The first-order chi connectivity index (χ1) is 8.99. The van der Waals surface area contributed by atoms with E-state index < -0.39 is 16.1 Å². The van der Waals surface area contributed by atoms with Gasteiger partial charge in [-0.25, -0.2) is 13.1 Å². The van der Waals surface area contributed by atoms with Crippen LogP contribution in [0.2, 0.25) is 0 Å². The van der Waals surface area contributed by atoms with Crippen LogP contribution in [0, 0.1) is 0 Å². The highest BCUT2D eigenvalue weighted by Crippen LogP contribution is 2.17. The van der Waals surface area contributed by atoms with Gasteiger partial charge in [0.1, 0.15) is 4.90 Å². The molecular weight excluding hydrogens is 352 g/mol. The summed E-state index contributed by atoms with van der Waals surface area (Å²) in [5.74, 6) is 0. The lowest BCUT2D eigenvalue weighted by molar-refractivity contribution is 0.182. The molecule has 1 atom stereocenters. The Balaban J connectivity index is 2.06. The number of sulfonamides is 1. The first-order valence-electron chi connectivity index (χ1n) is 5.29. The zero-order chi connectivity index (χ0) is 13.9. The van der Waals surface area contributed by atoms with E-state index in [0.29, 0.717) is 10.0 Å². The molecule has 2 heterocycles. The lowest BCUT2D eigenvalue weighted by Gasteiger charge is -2.11. The molecule has 1 unspecified atom stereocenters. The van der Waals surface area contributed by atoms with E-state index in [1.54, 1.807) is 11.4 Å². The fraction of sp³-hybridized carbons (Fsp3) is 0.182. The Labute approximate surface area is 123 Å². The molecule has 2 N–H and O–H groups in total. The second kappa shape index (κ2) is 6.10. The number of nitrogens with one attached hydrogen (secondary N) is 1. The Bertz CT molecular complexity index is 644. The van der Waals surface area contributed by atoms with E-state index in [1.165, 1.54) is 29.8 Å². The van der Waals surface area contributed by atoms with Crippen LogP contribution < -0.4 is 4.72 Å². The van der Waals surface area contributed by atoms with Crippen LogP contribution in [0.5, 0.6) is 0 Å². The average Bonchev–Trinajstić information content (AvgIpc) is 2.90. The molecule has 8 heteroatoms. The fourth-order valence-electron chi connectivity index (χ4n) is 1.39. The molecule has 2 rings (SSSR count). The van der Waals surface area contributed by atoms with E-state index in [9.17, 15) is 13.5 Å². The van der Waals surface area contributed by atoms with Crippen LogP contribution in [-0.2, 0) is 10.0 Å². The zero-order valence-electron chi connectivity index (χ0n) is 9.65. The number of rotatable bonds is 5. The largest absolute Gasteiger partial charge is 0.387 e. The van der Waals surface area contributed by atoms with Gasteiger partial charge in [-0.15, -0.1) is 0 Å². The quantitative estimate of drug-likeness (QED) is 0.851. The Morgan fingerprint density at radius 2 is 2.26 bits per heavy atom. The van der Waals surface area contributed by atoms with Gasteiger partial charge in [-0.1, -0.05) is 0 Å². The van der Waals surface area contributed by atoms with Gasteiger partial charge in [0, 0.05) is 23.4 Å². The molecule has 2 aromatic heterocycles. The smallest absolute Gasteiger partial charge is 0.242 e. The standard InChI is InChI=1S/C11H11BrN2O3S2/c12-9-3-10(5-13-4-9)19(16,17)14-6-11(15)8-1-2-18-7-8/h1-5,7,11,14-15H,6H2. The van der Waals surface area contributed by atoms with Crippen molar-refractivity contribution in [3.63, 3.8) is 0 Å². The number of pyridine rings is 1. The maximum absolute atomic E-state index is 12.0. The highest BCUT2D eigenvalue weighted by atomic mass is 79.9. The number of thiophene rings is 1. The van der Waals surface area contributed by atoms with Gasteiger partial charge < -0.3 is 5.11 Å². The van der Waals surface area contributed by atoms with Crippen molar-refractivity contribution in [2.24, 2.45) is 0 Å². The summed E-state index contributed by atoms with van der Waals surface area (Å²) in [7, 11) is -3.67. The lowest BCUT2D eigenvalue weighted by atomic mass is 10.2. The summed E-state index contributed by atoms with van der Waals surface area (Å²) in [5, 5.41) is 13.4. The minimum atomic E-state index is -3.67. The molecule has 0 bridgehead atoms. The van der Waals surface area contributed by atoms with Crippen LogP contribution in [0.4, 0.5) is 0 Å². The highest BCUT2D eigenvalue weighted by Gasteiger charge is 2.17. The number of halogens is 1. The van der Waals surface area contributed by atoms with Crippen LogP contribution in [0.25, 0.3) is 0 Å². The van der Waals surface area contributed by atoms with E-state index in [0.717, 1.165) is 0 Å². The topological polar surface area (TPSA) is 79.3 Å². The second-order valence-corrected chi connectivity index (χ2v) is 7.23. The highest BCUT2D eigenvalue weighted by molar-refractivity contribution is 9.10. The molecule has 0 aliphatic heterocycles. The fourth-order valence-corrected chi connectivity index (χ4v) is 3.64. The Kier molecular flexibility index (Phi) is 4.69. The summed E-state index contributed by atoms with van der Waals surface area (Å²) in [6, 6.07) is 3.20. The molecular formula is C11H11BrN2O3S2. The summed E-state index contributed by atoms with van der Waals surface area (Å²) in [6.45, 7) is -0.0778. The molecule has 0 saturated carbocycles. The van der Waals surface area contributed by atoms with Gasteiger partial charge in [-0.05, 0) is 44.4 Å². The molecule has 0 aliphatic carbocycles. The van der Waals surface area contributed by atoms with E-state index in [-0.39, 0.29) is 11.4 Å². The molecule has 5 nitrogen and oxygen atoms in total. The molecule has 0 saturated heterocycles. The van der Waals surface area contributed by atoms with Crippen LogP contribution in [0.15, 0.2) is 44.7 Å². The van der Waals surface area contributed by atoms with Crippen molar-refractivity contribution in [2.75, 3.05) is 6.54 Å². The summed E-state index contributed by atoms with van der Waals surface area (Å²) in [4.78, 5) is 3.86. The first kappa shape index (κ1) is 14.6. The van der Waals surface area contributed by atoms with Crippen LogP contribution in [0.3, 0.4) is 0 Å². The van der Waals surface area contributed by atoms with Crippen LogP contribution in [-0.4, -0.2) is 25.1 Å². The molecule has 0 aromatic carbocycles. The minimum Gasteiger partial charge on any atom is -0.387 e.